The van der Waals surface area contributed by atoms with Crippen LogP contribution in [0.4, 0.5) is 0 Å². The summed E-state index contributed by atoms with van der Waals surface area (Å²) in [5.74, 6) is 1.26. The number of hydrogen-bond donors (Lipinski definition) is 2. The average Bonchev–Trinajstić information content (AvgIpc) is 3.18. The zero-order valence-electron chi connectivity index (χ0n) is 17.3. The predicted octanol–water partition coefficient (Wildman–Crippen LogP) is 2.85. The van der Waals surface area contributed by atoms with E-state index in [9.17, 15) is 4.79 Å². The van der Waals surface area contributed by atoms with E-state index in [1.54, 1.807) is 13.4 Å². The first kappa shape index (κ1) is 26.3. The SMILES string of the molecule is COc1ccc(OCCNC(=O)[C@@H](N)Cc2cn(Cc3ccccc3)cn2)cc1.Cl.Cl. The Morgan fingerprint density at radius 3 is 2.45 bits per heavy atom. The lowest BCUT2D eigenvalue weighted by Crippen LogP contribution is -2.43. The van der Waals surface area contributed by atoms with E-state index in [0.29, 0.717) is 25.3 Å². The Morgan fingerprint density at radius 2 is 1.77 bits per heavy atom. The molecule has 2 aromatic carbocycles. The molecule has 168 valence electrons. The van der Waals surface area contributed by atoms with Crippen molar-refractivity contribution in [1.82, 2.24) is 14.9 Å². The molecule has 0 fully saturated rings. The third-order valence-corrected chi connectivity index (χ3v) is 4.39. The zero-order chi connectivity index (χ0) is 20.5. The van der Waals surface area contributed by atoms with Crippen molar-refractivity contribution in [2.24, 2.45) is 5.73 Å². The number of hydrogen-bond acceptors (Lipinski definition) is 5. The number of aromatic nitrogens is 2. The lowest BCUT2D eigenvalue weighted by Gasteiger charge is -2.12. The van der Waals surface area contributed by atoms with Crippen LogP contribution in [0.25, 0.3) is 0 Å². The standard InChI is InChI=1S/C22H26N4O3.2ClH/c1-28-19-7-9-20(10-8-19)29-12-11-24-22(27)21(23)13-18-15-26(16-25-18)14-17-5-3-2-4-6-17;;/h2-10,15-16,21H,11-14,23H2,1H3,(H,24,27);2*1H/t21-;;/m0../s1. The normalized spacial score (nSPS) is 10.9. The van der Waals surface area contributed by atoms with Crippen molar-refractivity contribution in [3.63, 3.8) is 0 Å². The molecule has 1 heterocycles. The van der Waals surface area contributed by atoms with Gasteiger partial charge < -0.3 is 25.1 Å². The molecule has 0 aliphatic heterocycles. The molecule has 0 aliphatic carbocycles. The van der Waals surface area contributed by atoms with Crippen molar-refractivity contribution in [2.45, 2.75) is 19.0 Å². The second-order valence-corrected chi connectivity index (χ2v) is 6.65. The molecule has 3 aromatic rings. The van der Waals surface area contributed by atoms with Crippen LogP contribution in [0, 0.1) is 0 Å². The quantitative estimate of drug-likeness (QED) is 0.448. The number of benzene rings is 2. The lowest BCUT2D eigenvalue weighted by molar-refractivity contribution is -0.122. The summed E-state index contributed by atoms with van der Waals surface area (Å²) in [7, 11) is 1.61. The maximum atomic E-state index is 12.2. The summed E-state index contributed by atoms with van der Waals surface area (Å²) in [6.45, 7) is 1.47. The Bertz CT molecular complexity index is 905. The van der Waals surface area contributed by atoms with Crippen LogP contribution >= 0.6 is 24.8 Å². The van der Waals surface area contributed by atoms with Gasteiger partial charge in [-0.3, -0.25) is 4.79 Å². The van der Waals surface area contributed by atoms with Gasteiger partial charge in [0.1, 0.15) is 18.1 Å². The molecular weight excluding hydrogens is 439 g/mol. The minimum Gasteiger partial charge on any atom is -0.497 e. The fraction of sp³-hybridized carbons (Fsp3) is 0.273. The first-order valence-electron chi connectivity index (χ1n) is 9.49. The monoisotopic (exact) mass is 466 g/mol. The predicted molar refractivity (Wildman–Crippen MR) is 125 cm³/mol. The van der Waals surface area contributed by atoms with Crippen LogP contribution in [-0.4, -0.2) is 41.8 Å². The van der Waals surface area contributed by atoms with E-state index < -0.39 is 6.04 Å². The summed E-state index contributed by atoms with van der Waals surface area (Å²) >= 11 is 0. The number of halogens is 2. The number of rotatable bonds is 10. The minimum atomic E-state index is -0.656. The van der Waals surface area contributed by atoms with Crippen molar-refractivity contribution in [2.75, 3.05) is 20.3 Å². The summed E-state index contributed by atoms with van der Waals surface area (Å²) in [5, 5.41) is 2.79. The maximum absolute atomic E-state index is 12.2. The smallest absolute Gasteiger partial charge is 0.237 e. The number of imidazole rings is 1. The highest BCUT2D eigenvalue weighted by Gasteiger charge is 2.15. The number of methoxy groups -OCH3 is 1. The van der Waals surface area contributed by atoms with E-state index in [0.717, 1.165) is 18.0 Å². The molecule has 0 aliphatic rings. The first-order chi connectivity index (χ1) is 14.1. The van der Waals surface area contributed by atoms with Crippen LogP contribution < -0.4 is 20.5 Å². The molecule has 9 heteroatoms. The first-order valence-corrected chi connectivity index (χ1v) is 9.49. The van der Waals surface area contributed by atoms with Crippen molar-refractivity contribution >= 4 is 30.7 Å². The number of carbonyl (C=O) groups is 1. The van der Waals surface area contributed by atoms with Crippen molar-refractivity contribution in [1.29, 1.82) is 0 Å². The summed E-state index contributed by atoms with van der Waals surface area (Å²) in [5.41, 5.74) is 8.00. The van der Waals surface area contributed by atoms with Gasteiger partial charge >= 0.3 is 0 Å². The Kier molecular flexibility index (Phi) is 11.5. The molecule has 0 radical (unpaired) electrons. The van der Waals surface area contributed by atoms with Gasteiger partial charge in [-0.1, -0.05) is 30.3 Å². The Hall–Kier alpha value is -2.74. The largest absolute Gasteiger partial charge is 0.497 e. The van der Waals surface area contributed by atoms with Gasteiger partial charge in [0.25, 0.3) is 0 Å². The van der Waals surface area contributed by atoms with Crippen LogP contribution in [0.5, 0.6) is 11.5 Å². The van der Waals surface area contributed by atoms with E-state index >= 15 is 0 Å². The average molecular weight is 467 g/mol. The van der Waals surface area contributed by atoms with Crippen molar-refractivity contribution in [3.05, 3.63) is 78.4 Å². The van der Waals surface area contributed by atoms with Crippen LogP contribution in [0.3, 0.4) is 0 Å². The fourth-order valence-electron chi connectivity index (χ4n) is 2.86. The molecule has 0 spiro atoms. The van der Waals surface area contributed by atoms with Gasteiger partial charge in [0.15, 0.2) is 0 Å². The molecule has 1 atom stereocenters. The summed E-state index contributed by atoms with van der Waals surface area (Å²) in [4.78, 5) is 16.6. The van der Waals surface area contributed by atoms with E-state index in [2.05, 4.69) is 22.4 Å². The van der Waals surface area contributed by atoms with Gasteiger partial charge in [-0.2, -0.15) is 0 Å². The maximum Gasteiger partial charge on any atom is 0.237 e. The van der Waals surface area contributed by atoms with Gasteiger partial charge in [-0.25, -0.2) is 4.98 Å². The van der Waals surface area contributed by atoms with Gasteiger partial charge in [0, 0.05) is 19.2 Å². The highest BCUT2D eigenvalue weighted by Crippen LogP contribution is 2.16. The van der Waals surface area contributed by atoms with Crippen LogP contribution in [-0.2, 0) is 17.8 Å². The topological polar surface area (TPSA) is 91.4 Å². The number of nitrogens with one attached hydrogen (secondary N) is 1. The summed E-state index contributed by atoms with van der Waals surface area (Å²) in [6.07, 6.45) is 4.07. The zero-order valence-corrected chi connectivity index (χ0v) is 18.9. The van der Waals surface area contributed by atoms with Crippen LogP contribution in [0.2, 0.25) is 0 Å². The Balaban J connectivity index is 0.00000240. The summed E-state index contributed by atoms with van der Waals surface area (Å²) in [6, 6.07) is 16.7. The Morgan fingerprint density at radius 1 is 1.10 bits per heavy atom. The molecule has 0 saturated carbocycles. The van der Waals surface area contributed by atoms with Gasteiger partial charge in [-0.05, 0) is 29.8 Å². The molecule has 0 bridgehead atoms. The second kappa shape index (κ2) is 13.5. The molecule has 0 unspecified atom stereocenters. The number of carbonyl (C=O) groups excluding carboxylic acids is 1. The van der Waals surface area contributed by atoms with Crippen molar-refractivity contribution in [3.8, 4) is 11.5 Å². The minimum absolute atomic E-state index is 0. The molecule has 7 nitrogen and oxygen atoms in total. The molecule has 1 aromatic heterocycles. The van der Waals surface area contributed by atoms with Gasteiger partial charge in [-0.15, -0.1) is 24.8 Å². The molecule has 0 saturated heterocycles. The third-order valence-electron chi connectivity index (χ3n) is 4.39. The third kappa shape index (κ3) is 8.49. The van der Waals surface area contributed by atoms with Crippen LogP contribution in [0.1, 0.15) is 11.3 Å². The van der Waals surface area contributed by atoms with E-state index in [1.165, 1.54) is 5.56 Å². The molecule has 3 N–H and O–H groups in total. The highest BCUT2D eigenvalue weighted by atomic mass is 35.5. The van der Waals surface area contributed by atoms with Gasteiger partial charge in [0.05, 0.1) is 31.7 Å². The van der Waals surface area contributed by atoms with Crippen molar-refractivity contribution < 1.29 is 14.3 Å². The number of nitrogens with two attached hydrogens (primary N) is 1. The molecular formula is C22H28Cl2N4O3. The lowest BCUT2D eigenvalue weighted by atomic mass is 10.1. The highest BCUT2D eigenvalue weighted by molar-refractivity contribution is 5.85. The second-order valence-electron chi connectivity index (χ2n) is 6.65. The van der Waals surface area contributed by atoms with Gasteiger partial charge in [0.2, 0.25) is 5.91 Å². The number of nitrogens with zero attached hydrogens (tertiary/aromatic N) is 2. The molecule has 3 rings (SSSR count). The van der Waals surface area contributed by atoms with Crippen LogP contribution in [0.15, 0.2) is 67.1 Å². The van der Waals surface area contributed by atoms with E-state index in [4.69, 9.17) is 15.2 Å². The Labute approximate surface area is 194 Å². The number of ether oxygens (including phenoxy) is 2. The summed E-state index contributed by atoms with van der Waals surface area (Å²) < 4.78 is 12.7. The molecule has 1 amide bonds. The van der Waals surface area contributed by atoms with E-state index in [1.807, 2.05) is 53.2 Å². The molecule has 31 heavy (non-hydrogen) atoms. The van der Waals surface area contributed by atoms with E-state index in [-0.39, 0.29) is 30.7 Å². The number of amides is 1. The fourth-order valence-corrected chi connectivity index (χ4v) is 2.86.